The molecule has 1 N–H and O–H groups in total. The van der Waals surface area contributed by atoms with E-state index in [1.54, 1.807) is 0 Å². The van der Waals surface area contributed by atoms with Crippen LogP contribution in [0.2, 0.25) is 0 Å². The molecule has 0 spiro atoms. The number of rotatable bonds is 1. The van der Waals surface area contributed by atoms with Gasteiger partial charge in [-0.25, -0.2) is 0 Å². The molecule has 3 saturated heterocycles. The summed E-state index contributed by atoms with van der Waals surface area (Å²) < 4.78 is 5.52. The largest absolute Gasteiger partial charge is 0.381 e. The van der Waals surface area contributed by atoms with Crippen molar-refractivity contribution < 1.29 is 9.53 Å². The fraction of sp³-hybridized carbons (Fsp3) is 0.923. The molecule has 1 amide bonds. The Hall–Kier alpha value is -0.610. The van der Waals surface area contributed by atoms with E-state index < -0.39 is 0 Å². The molecule has 4 nitrogen and oxygen atoms in total. The summed E-state index contributed by atoms with van der Waals surface area (Å²) in [7, 11) is 0. The van der Waals surface area contributed by atoms with Gasteiger partial charge in [-0.05, 0) is 38.3 Å². The normalized spacial score (nSPS) is 34.7. The summed E-state index contributed by atoms with van der Waals surface area (Å²) in [6, 6.07) is 0. The van der Waals surface area contributed by atoms with Gasteiger partial charge in [0, 0.05) is 31.5 Å². The highest BCUT2D eigenvalue weighted by molar-refractivity contribution is 5.79. The van der Waals surface area contributed by atoms with Gasteiger partial charge in [0.05, 0.1) is 6.61 Å². The molecule has 0 aromatic carbocycles. The first-order valence-corrected chi connectivity index (χ1v) is 6.92. The van der Waals surface area contributed by atoms with E-state index in [9.17, 15) is 4.79 Å². The Balaban J connectivity index is 1.58. The highest BCUT2D eigenvalue weighted by atomic mass is 16.5. The molecule has 3 heterocycles. The standard InChI is InChI=1S/C13H22N2O2/c16-13(10-1-4-14-5-2-10)15-6-3-11-8-17-9-12(11)7-15/h10-12,14H,1-9H2/t11-,12-/m1/s1. The van der Waals surface area contributed by atoms with Gasteiger partial charge < -0.3 is 15.0 Å². The maximum absolute atomic E-state index is 12.4. The smallest absolute Gasteiger partial charge is 0.225 e. The van der Waals surface area contributed by atoms with Gasteiger partial charge in [0.1, 0.15) is 0 Å². The lowest BCUT2D eigenvalue weighted by molar-refractivity contribution is -0.138. The van der Waals surface area contributed by atoms with Gasteiger partial charge in [-0.1, -0.05) is 0 Å². The van der Waals surface area contributed by atoms with Crippen LogP contribution in [-0.4, -0.2) is 50.2 Å². The zero-order valence-corrected chi connectivity index (χ0v) is 10.4. The highest BCUT2D eigenvalue weighted by Gasteiger charge is 2.37. The van der Waals surface area contributed by atoms with E-state index in [1.807, 2.05) is 0 Å². The summed E-state index contributed by atoms with van der Waals surface area (Å²) in [6.07, 6.45) is 3.17. The highest BCUT2D eigenvalue weighted by Crippen LogP contribution is 2.30. The second-order valence-electron chi connectivity index (χ2n) is 5.65. The number of amides is 1. The van der Waals surface area contributed by atoms with E-state index >= 15 is 0 Å². The minimum atomic E-state index is 0.273. The minimum absolute atomic E-state index is 0.273. The van der Waals surface area contributed by atoms with Crippen LogP contribution in [0, 0.1) is 17.8 Å². The molecule has 0 saturated carbocycles. The Bertz CT molecular complexity index is 289. The lowest BCUT2D eigenvalue weighted by Gasteiger charge is -2.36. The molecule has 3 aliphatic heterocycles. The van der Waals surface area contributed by atoms with Gasteiger partial charge in [-0.3, -0.25) is 4.79 Å². The average molecular weight is 238 g/mol. The van der Waals surface area contributed by atoms with Crippen LogP contribution in [0.3, 0.4) is 0 Å². The lowest BCUT2D eigenvalue weighted by Crippen LogP contribution is -2.47. The topological polar surface area (TPSA) is 41.6 Å². The van der Waals surface area contributed by atoms with Crippen LogP contribution < -0.4 is 5.32 Å². The molecule has 0 aromatic rings. The van der Waals surface area contributed by atoms with Gasteiger partial charge >= 0.3 is 0 Å². The van der Waals surface area contributed by atoms with E-state index in [1.165, 1.54) is 0 Å². The molecule has 4 heteroatoms. The molecule has 3 aliphatic rings. The zero-order valence-electron chi connectivity index (χ0n) is 10.4. The molecule has 17 heavy (non-hydrogen) atoms. The van der Waals surface area contributed by atoms with Crippen molar-refractivity contribution in [2.45, 2.75) is 19.3 Å². The van der Waals surface area contributed by atoms with Crippen molar-refractivity contribution in [1.29, 1.82) is 0 Å². The average Bonchev–Trinajstić information content (AvgIpc) is 2.86. The predicted octanol–water partition coefficient (Wildman–Crippen LogP) is 0.481. The molecule has 2 atom stereocenters. The van der Waals surface area contributed by atoms with E-state index in [4.69, 9.17) is 4.74 Å². The van der Waals surface area contributed by atoms with Crippen LogP contribution >= 0.6 is 0 Å². The number of carbonyl (C=O) groups excluding carboxylic acids is 1. The van der Waals surface area contributed by atoms with Gasteiger partial charge in [-0.2, -0.15) is 0 Å². The molecule has 3 rings (SSSR count). The number of ether oxygens (including phenoxy) is 1. The minimum Gasteiger partial charge on any atom is -0.381 e. The fourth-order valence-electron chi connectivity index (χ4n) is 3.39. The lowest BCUT2D eigenvalue weighted by atomic mass is 9.87. The third-order valence-corrected chi connectivity index (χ3v) is 4.56. The Labute approximate surface area is 103 Å². The number of hydrogen-bond acceptors (Lipinski definition) is 3. The summed E-state index contributed by atoms with van der Waals surface area (Å²) in [6.45, 7) is 5.67. The number of piperidine rings is 2. The third kappa shape index (κ3) is 2.33. The Morgan fingerprint density at radius 2 is 1.88 bits per heavy atom. The molecule has 3 fully saturated rings. The Morgan fingerprint density at radius 1 is 1.12 bits per heavy atom. The van der Waals surface area contributed by atoms with Crippen LogP contribution in [-0.2, 0) is 9.53 Å². The van der Waals surface area contributed by atoms with Crippen molar-refractivity contribution >= 4 is 5.91 Å². The third-order valence-electron chi connectivity index (χ3n) is 4.56. The number of fused-ring (bicyclic) bond motifs is 1. The van der Waals surface area contributed by atoms with Crippen molar-refractivity contribution in [3.05, 3.63) is 0 Å². The van der Waals surface area contributed by atoms with Gasteiger partial charge in [0.25, 0.3) is 0 Å². The van der Waals surface area contributed by atoms with Crippen molar-refractivity contribution in [3.63, 3.8) is 0 Å². The maximum atomic E-state index is 12.4. The SMILES string of the molecule is O=C(C1CCNCC1)N1CC[C@@H]2COC[C@H]2C1. The second-order valence-corrected chi connectivity index (χ2v) is 5.65. The first kappa shape index (κ1) is 11.5. The Morgan fingerprint density at radius 3 is 2.71 bits per heavy atom. The first-order chi connectivity index (χ1) is 8.34. The van der Waals surface area contributed by atoms with Gasteiger partial charge in [0.2, 0.25) is 5.91 Å². The summed E-state index contributed by atoms with van der Waals surface area (Å²) in [5, 5.41) is 3.32. The number of nitrogens with one attached hydrogen (secondary N) is 1. The number of hydrogen-bond donors (Lipinski definition) is 1. The zero-order chi connectivity index (χ0) is 11.7. The quantitative estimate of drug-likeness (QED) is 0.722. The summed E-state index contributed by atoms with van der Waals surface area (Å²) in [5.74, 6) is 1.99. The number of carbonyl (C=O) groups is 1. The molecular formula is C13H22N2O2. The van der Waals surface area contributed by atoms with Crippen molar-refractivity contribution in [2.75, 3.05) is 39.4 Å². The monoisotopic (exact) mass is 238 g/mol. The van der Waals surface area contributed by atoms with Crippen LogP contribution in [0.5, 0.6) is 0 Å². The van der Waals surface area contributed by atoms with Crippen molar-refractivity contribution in [1.82, 2.24) is 10.2 Å². The molecule has 0 unspecified atom stereocenters. The Kier molecular flexibility index (Phi) is 3.34. The fourth-order valence-corrected chi connectivity index (χ4v) is 3.39. The summed E-state index contributed by atoms with van der Waals surface area (Å²) >= 11 is 0. The number of likely N-dealkylation sites (tertiary alicyclic amines) is 1. The molecule has 0 bridgehead atoms. The molecule has 0 radical (unpaired) electrons. The molecule has 96 valence electrons. The van der Waals surface area contributed by atoms with E-state index in [0.29, 0.717) is 17.7 Å². The van der Waals surface area contributed by atoms with Gasteiger partial charge in [-0.15, -0.1) is 0 Å². The van der Waals surface area contributed by atoms with E-state index in [-0.39, 0.29) is 5.92 Å². The van der Waals surface area contributed by atoms with Crippen LogP contribution in [0.15, 0.2) is 0 Å². The van der Waals surface area contributed by atoms with Crippen molar-refractivity contribution in [3.8, 4) is 0 Å². The summed E-state index contributed by atoms with van der Waals surface area (Å²) in [4.78, 5) is 14.5. The maximum Gasteiger partial charge on any atom is 0.225 e. The van der Waals surface area contributed by atoms with Gasteiger partial charge in [0.15, 0.2) is 0 Å². The van der Waals surface area contributed by atoms with Crippen molar-refractivity contribution in [2.24, 2.45) is 17.8 Å². The molecule has 0 aromatic heterocycles. The summed E-state index contributed by atoms with van der Waals surface area (Å²) in [5.41, 5.74) is 0. The molecular weight excluding hydrogens is 216 g/mol. The first-order valence-electron chi connectivity index (χ1n) is 6.92. The van der Waals surface area contributed by atoms with E-state index in [2.05, 4.69) is 10.2 Å². The van der Waals surface area contributed by atoms with Crippen LogP contribution in [0.25, 0.3) is 0 Å². The molecule has 0 aliphatic carbocycles. The van der Waals surface area contributed by atoms with E-state index in [0.717, 1.165) is 58.7 Å². The van der Waals surface area contributed by atoms with Crippen LogP contribution in [0.1, 0.15) is 19.3 Å². The second kappa shape index (κ2) is 4.94. The number of nitrogens with zero attached hydrogens (tertiary/aromatic N) is 1. The van der Waals surface area contributed by atoms with Crippen LogP contribution in [0.4, 0.5) is 0 Å². The predicted molar refractivity (Wildman–Crippen MR) is 64.6 cm³/mol.